The number of rotatable bonds is 5. The molecule has 6 nitrogen and oxygen atoms in total. The Labute approximate surface area is 131 Å². The third kappa shape index (κ3) is 3.48. The zero-order chi connectivity index (χ0) is 15.4. The van der Waals surface area contributed by atoms with Gasteiger partial charge in [0.05, 0.1) is 6.42 Å². The Kier molecular flexibility index (Phi) is 4.43. The number of hydrogen-bond donors (Lipinski definition) is 1. The molecule has 1 fully saturated rings. The molecule has 2 aromatic rings. The Balaban J connectivity index is 1.58. The van der Waals surface area contributed by atoms with Crippen molar-refractivity contribution < 1.29 is 14.3 Å². The lowest BCUT2D eigenvalue weighted by molar-refractivity contribution is -0.141. The van der Waals surface area contributed by atoms with Crippen molar-refractivity contribution in [1.82, 2.24) is 10.2 Å². The van der Waals surface area contributed by atoms with E-state index in [-0.39, 0.29) is 23.9 Å². The fourth-order valence-corrected chi connectivity index (χ4v) is 3.03. The molecule has 2 heterocycles. The van der Waals surface area contributed by atoms with Crippen LogP contribution in [-0.4, -0.2) is 22.1 Å². The van der Waals surface area contributed by atoms with Crippen molar-refractivity contribution in [2.24, 2.45) is 5.92 Å². The second-order valence-electron chi connectivity index (χ2n) is 5.12. The minimum Gasteiger partial charge on any atom is -0.457 e. The van der Waals surface area contributed by atoms with Gasteiger partial charge in [-0.05, 0) is 12.0 Å². The van der Waals surface area contributed by atoms with E-state index in [1.165, 1.54) is 11.3 Å². The molecule has 1 saturated heterocycles. The lowest BCUT2D eigenvalue weighted by Crippen LogP contribution is -2.15. The molecule has 1 N–H and O–H groups in total. The number of aromatic nitrogens is 2. The molecule has 1 aliphatic rings. The minimum atomic E-state index is -0.261. The number of ether oxygens (including phenoxy) is 1. The molecule has 114 valence electrons. The Bertz CT molecular complexity index is 645. The van der Waals surface area contributed by atoms with Gasteiger partial charge in [-0.25, -0.2) is 0 Å². The SMILES string of the molecule is O=C(CC[C@H]1CC(=O)O[C@H]1c1ccccc1)Nc1nncs1. The number of carbonyl (C=O) groups excluding carboxylic acids is 2. The second-order valence-corrected chi connectivity index (χ2v) is 5.95. The van der Waals surface area contributed by atoms with Crippen LogP contribution in [0.25, 0.3) is 0 Å². The summed E-state index contributed by atoms with van der Waals surface area (Å²) >= 11 is 1.27. The lowest BCUT2D eigenvalue weighted by Gasteiger charge is -2.17. The quantitative estimate of drug-likeness (QED) is 0.857. The van der Waals surface area contributed by atoms with E-state index in [2.05, 4.69) is 15.5 Å². The number of carbonyl (C=O) groups is 2. The molecule has 22 heavy (non-hydrogen) atoms. The molecule has 1 aromatic carbocycles. The Morgan fingerprint density at radius 2 is 2.18 bits per heavy atom. The highest BCUT2D eigenvalue weighted by Crippen LogP contribution is 2.38. The van der Waals surface area contributed by atoms with E-state index in [0.29, 0.717) is 24.4 Å². The number of benzene rings is 1. The number of amides is 1. The second kappa shape index (κ2) is 6.65. The maximum atomic E-state index is 11.9. The largest absolute Gasteiger partial charge is 0.457 e. The zero-order valence-electron chi connectivity index (χ0n) is 11.8. The molecule has 1 aromatic heterocycles. The fraction of sp³-hybridized carbons (Fsp3) is 0.333. The van der Waals surface area contributed by atoms with Gasteiger partial charge in [-0.2, -0.15) is 0 Å². The summed E-state index contributed by atoms with van der Waals surface area (Å²) in [4.78, 5) is 23.5. The number of nitrogens with zero attached hydrogens (tertiary/aromatic N) is 2. The lowest BCUT2D eigenvalue weighted by atomic mass is 9.91. The zero-order valence-corrected chi connectivity index (χ0v) is 12.6. The predicted octanol–water partition coefficient (Wildman–Crippen LogP) is 2.56. The standard InChI is InChI=1S/C15H15N3O3S/c19-12(17-15-18-16-9-22-15)7-6-11-8-13(20)21-14(11)10-4-2-1-3-5-10/h1-5,9,11,14H,6-8H2,(H,17,18,19)/t11-,14-/m0/s1. The third-order valence-electron chi connectivity index (χ3n) is 3.59. The van der Waals surface area contributed by atoms with E-state index in [0.717, 1.165) is 5.56 Å². The number of cyclic esters (lactones) is 1. The molecule has 1 aliphatic heterocycles. The summed E-state index contributed by atoms with van der Waals surface area (Å²) in [6.45, 7) is 0. The van der Waals surface area contributed by atoms with Gasteiger partial charge in [0.2, 0.25) is 11.0 Å². The molecule has 1 amide bonds. The van der Waals surface area contributed by atoms with Crippen molar-refractivity contribution in [2.75, 3.05) is 5.32 Å². The molecule has 3 rings (SSSR count). The van der Waals surface area contributed by atoms with Crippen molar-refractivity contribution in [2.45, 2.75) is 25.4 Å². The van der Waals surface area contributed by atoms with E-state index < -0.39 is 0 Å². The molecule has 0 spiro atoms. The van der Waals surface area contributed by atoms with E-state index in [4.69, 9.17) is 4.74 Å². The van der Waals surface area contributed by atoms with E-state index in [1.54, 1.807) is 5.51 Å². The smallest absolute Gasteiger partial charge is 0.306 e. The predicted molar refractivity (Wildman–Crippen MR) is 81.2 cm³/mol. The first-order valence-electron chi connectivity index (χ1n) is 7.03. The number of nitrogens with one attached hydrogen (secondary N) is 1. The molecule has 0 unspecified atom stereocenters. The van der Waals surface area contributed by atoms with E-state index in [1.807, 2.05) is 30.3 Å². The number of esters is 1. The van der Waals surface area contributed by atoms with Crippen LogP contribution in [-0.2, 0) is 14.3 Å². The van der Waals surface area contributed by atoms with Gasteiger partial charge in [0.1, 0.15) is 11.6 Å². The van der Waals surface area contributed by atoms with Crippen LogP contribution < -0.4 is 5.32 Å². The van der Waals surface area contributed by atoms with Crippen molar-refractivity contribution in [3.8, 4) is 0 Å². The van der Waals surface area contributed by atoms with Crippen LogP contribution >= 0.6 is 11.3 Å². The molecular weight excluding hydrogens is 302 g/mol. The summed E-state index contributed by atoms with van der Waals surface area (Å²) in [6.07, 6.45) is 1.01. The molecule has 0 aliphatic carbocycles. The summed E-state index contributed by atoms with van der Waals surface area (Å²) in [5.74, 6) is -0.304. The summed E-state index contributed by atoms with van der Waals surface area (Å²) in [6, 6.07) is 9.64. The maximum absolute atomic E-state index is 11.9. The molecule has 7 heteroatoms. The van der Waals surface area contributed by atoms with Crippen LogP contribution in [0.3, 0.4) is 0 Å². The van der Waals surface area contributed by atoms with Gasteiger partial charge in [0.25, 0.3) is 0 Å². The van der Waals surface area contributed by atoms with Gasteiger partial charge in [-0.15, -0.1) is 10.2 Å². The van der Waals surface area contributed by atoms with Gasteiger partial charge in [0.15, 0.2) is 0 Å². The first-order valence-corrected chi connectivity index (χ1v) is 7.91. The molecule has 0 bridgehead atoms. The van der Waals surface area contributed by atoms with Crippen molar-refractivity contribution in [3.63, 3.8) is 0 Å². The van der Waals surface area contributed by atoms with Crippen LogP contribution in [0.4, 0.5) is 5.13 Å². The van der Waals surface area contributed by atoms with Crippen LogP contribution in [0.2, 0.25) is 0 Å². The average molecular weight is 317 g/mol. The monoisotopic (exact) mass is 317 g/mol. The normalized spacial score (nSPS) is 20.6. The first-order chi connectivity index (χ1) is 10.7. The fourth-order valence-electron chi connectivity index (χ4n) is 2.57. The van der Waals surface area contributed by atoms with Crippen LogP contribution in [0.1, 0.15) is 30.9 Å². The van der Waals surface area contributed by atoms with Crippen molar-refractivity contribution in [3.05, 3.63) is 41.4 Å². The highest BCUT2D eigenvalue weighted by molar-refractivity contribution is 7.13. The highest BCUT2D eigenvalue weighted by Gasteiger charge is 2.35. The summed E-state index contributed by atoms with van der Waals surface area (Å²) in [5.41, 5.74) is 2.53. The maximum Gasteiger partial charge on any atom is 0.306 e. The topological polar surface area (TPSA) is 81.2 Å². The molecule has 0 radical (unpaired) electrons. The van der Waals surface area contributed by atoms with Gasteiger partial charge >= 0.3 is 5.97 Å². The first kappa shape index (κ1) is 14.6. The molecule has 0 saturated carbocycles. The number of hydrogen-bond acceptors (Lipinski definition) is 6. The highest BCUT2D eigenvalue weighted by atomic mass is 32.1. The molecular formula is C15H15N3O3S. The summed E-state index contributed by atoms with van der Waals surface area (Å²) in [5, 5.41) is 10.6. The van der Waals surface area contributed by atoms with Crippen LogP contribution in [0.5, 0.6) is 0 Å². The third-order valence-corrected chi connectivity index (χ3v) is 4.20. The Hall–Kier alpha value is -2.28. The van der Waals surface area contributed by atoms with Crippen LogP contribution in [0.15, 0.2) is 35.8 Å². The number of anilines is 1. The van der Waals surface area contributed by atoms with Gasteiger partial charge in [-0.1, -0.05) is 41.7 Å². The summed E-state index contributed by atoms with van der Waals surface area (Å²) < 4.78 is 5.41. The van der Waals surface area contributed by atoms with Gasteiger partial charge in [0, 0.05) is 12.3 Å². The average Bonchev–Trinajstić information content (AvgIpc) is 3.15. The van der Waals surface area contributed by atoms with Crippen molar-refractivity contribution >= 4 is 28.3 Å². The van der Waals surface area contributed by atoms with Gasteiger partial charge in [-0.3, -0.25) is 9.59 Å². The Morgan fingerprint density at radius 3 is 2.91 bits per heavy atom. The van der Waals surface area contributed by atoms with Crippen molar-refractivity contribution in [1.29, 1.82) is 0 Å². The van der Waals surface area contributed by atoms with E-state index >= 15 is 0 Å². The molecule has 2 atom stereocenters. The minimum absolute atomic E-state index is 0.0232. The van der Waals surface area contributed by atoms with E-state index in [9.17, 15) is 9.59 Å². The Morgan fingerprint density at radius 1 is 1.36 bits per heavy atom. The summed E-state index contributed by atoms with van der Waals surface area (Å²) in [7, 11) is 0. The van der Waals surface area contributed by atoms with Gasteiger partial charge < -0.3 is 10.1 Å². The van der Waals surface area contributed by atoms with Crippen LogP contribution in [0, 0.1) is 5.92 Å².